The van der Waals surface area contributed by atoms with Crippen LogP contribution in [0.5, 0.6) is 0 Å². The van der Waals surface area contributed by atoms with E-state index < -0.39 is 0 Å². The normalized spacial score (nSPS) is 21.1. The van der Waals surface area contributed by atoms with Crippen LogP contribution in [0, 0.1) is 12.8 Å². The quantitative estimate of drug-likeness (QED) is 0.742. The molecule has 3 heterocycles. The van der Waals surface area contributed by atoms with Gasteiger partial charge in [0.1, 0.15) is 12.1 Å². The summed E-state index contributed by atoms with van der Waals surface area (Å²) in [6.07, 6.45) is 1.88. The second kappa shape index (κ2) is 7.77. The number of likely N-dealkylation sites (tertiary alicyclic amines) is 1. The summed E-state index contributed by atoms with van der Waals surface area (Å²) in [4.78, 5) is 39.0. The van der Waals surface area contributed by atoms with Crippen molar-refractivity contribution in [3.05, 3.63) is 18.1 Å². The average Bonchev–Trinajstić information content (AvgIpc) is 3.00. The van der Waals surface area contributed by atoms with Crippen molar-refractivity contribution in [3.8, 4) is 0 Å². The Morgan fingerprint density at radius 3 is 2.72 bits per heavy atom. The highest BCUT2D eigenvalue weighted by atomic mass is 16.5. The predicted molar refractivity (Wildman–Crippen MR) is 92.1 cm³/mol. The highest BCUT2D eigenvalue weighted by molar-refractivity contribution is 5.89. The third kappa shape index (κ3) is 4.07. The second-order valence-electron chi connectivity index (χ2n) is 6.56. The lowest BCUT2D eigenvalue weighted by Crippen LogP contribution is -2.51. The van der Waals surface area contributed by atoms with Crippen molar-refractivity contribution in [2.75, 3.05) is 57.9 Å². The zero-order valence-corrected chi connectivity index (χ0v) is 14.8. The van der Waals surface area contributed by atoms with Gasteiger partial charge in [0.05, 0.1) is 12.5 Å². The van der Waals surface area contributed by atoms with Gasteiger partial charge in [0, 0.05) is 64.6 Å². The molecule has 0 aliphatic carbocycles. The van der Waals surface area contributed by atoms with Crippen LogP contribution in [0.15, 0.2) is 12.4 Å². The maximum absolute atomic E-state index is 12.7. The predicted octanol–water partition coefficient (Wildman–Crippen LogP) is -0.0715. The van der Waals surface area contributed by atoms with Crippen LogP contribution in [0.25, 0.3) is 0 Å². The number of carbonyl (C=O) groups is 2. The van der Waals surface area contributed by atoms with Gasteiger partial charge in [-0.1, -0.05) is 0 Å². The Morgan fingerprint density at radius 1 is 1.28 bits per heavy atom. The van der Waals surface area contributed by atoms with Gasteiger partial charge in [0.15, 0.2) is 0 Å². The zero-order chi connectivity index (χ0) is 17.8. The molecule has 1 unspecified atom stereocenters. The van der Waals surface area contributed by atoms with Crippen molar-refractivity contribution in [1.29, 1.82) is 0 Å². The molecule has 2 amide bonds. The molecule has 2 fully saturated rings. The third-order valence-electron chi connectivity index (χ3n) is 4.83. The van der Waals surface area contributed by atoms with Gasteiger partial charge in [-0.25, -0.2) is 9.97 Å². The Hall–Kier alpha value is -2.22. The molecule has 0 saturated carbocycles. The van der Waals surface area contributed by atoms with Crippen LogP contribution in [-0.2, 0) is 14.3 Å². The minimum Gasteiger partial charge on any atom is -0.383 e. The fourth-order valence-corrected chi connectivity index (χ4v) is 3.38. The summed E-state index contributed by atoms with van der Waals surface area (Å²) >= 11 is 0. The van der Waals surface area contributed by atoms with Gasteiger partial charge in [-0.15, -0.1) is 0 Å². The number of amides is 2. The van der Waals surface area contributed by atoms with Gasteiger partial charge < -0.3 is 19.4 Å². The molecule has 2 aliphatic rings. The summed E-state index contributed by atoms with van der Waals surface area (Å²) in [5, 5.41) is 0. The fourth-order valence-electron chi connectivity index (χ4n) is 3.38. The zero-order valence-electron chi connectivity index (χ0n) is 14.8. The summed E-state index contributed by atoms with van der Waals surface area (Å²) in [5.74, 6) is 0.816. The van der Waals surface area contributed by atoms with E-state index in [1.54, 1.807) is 18.3 Å². The Labute approximate surface area is 147 Å². The lowest BCUT2D eigenvalue weighted by atomic mass is 10.1. The van der Waals surface area contributed by atoms with Gasteiger partial charge >= 0.3 is 0 Å². The molecule has 25 heavy (non-hydrogen) atoms. The lowest BCUT2D eigenvalue weighted by Gasteiger charge is -2.36. The topological polar surface area (TPSA) is 78.9 Å². The van der Waals surface area contributed by atoms with Crippen LogP contribution < -0.4 is 4.90 Å². The van der Waals surface area contributed by atoms with E-state index in [1.165, 1.54) is 0 Å². The summed E-state index contributed by atoms with van der Waals surface area (Å²) in [6.45, 7) is 6.31. The molecule has 3 rings (SSSR count). The number of rotatable bonds is 5. The van der Waals surface area contributed by atoms with Crippen LogP contribution in [0.3, 0.4) is 0 Å². The van der Waals surface area contributed by atoms with Crippen molar-refractivity contribution < 1.29 is 14.3 Å². The maximum atomic E-state index is 12.7. The van der Waals surface area contributed by atoms with Gasteiger partial charge in [-0.05, 0) is 6.92 Å². The lowest BCUT2D eigenvalue weighted by molar-refractivity contribution is -0.136. The first-order valence-corrected chi connectivity index (χ1v) is 8.67. The molecule has 0 radical (unpaired) electrons. The minimum atomic E-state index is -0.225. The van der Waals surface area contributed by atoms with Crippen molar-refractivity contribution in [3.63, 3.8) is 0 Å². The Morgan fingerprint density at radius 2 is 2.04 bits per heavy atom. The second-order valence-corrected chi connectivity index (χ2v) is 6.56. The van der Waals surface area contributed by atoms with E-state index in [1.807, 2.05) is 17.9 Å². The number of ether oxygens (including phenoxy) is 1. The van der Waals surface area contributed by atoms with Crippen molar-refractivity contribution in [2.45, 2.75) is 13.3 Å². The average molecular weight is 347 g/mol. The maximum Gasteiger partial charge on any atom is 0.228 e. The van der Waals surface area contributed by atoms with Crippen molar-refractivity contribution in [1.82, 2.24) is 19.8 Å². The first kappa shape index (κ1) is 17.6. The summed E-state index contributed by atoms with van der Waals surface area (Å²) in [7, 11) is 1.61. The number of aromatic nitrogens is 2. The van der Waals surface area contributed by atoms with E-state index in [9.17, 15) is 9.59 Å². The van der Waals surface area contributed by atoms with Crippen molar-refractivity contribution >= 4 is 17.6 Å². The molecule has 0 bridgehead atoms. The number of carbonyl (C=O) groups excluding carboxylic acids is 2. The van der Waals surface area contributed by atoms with Gasteiger partial charge in [0.2, 0.25) is 11.8 Å². The van der Waals surface area contributed by atoms with E-state index in [-0.39, 0.29) is 17.7 Å². The first-order valence-electron chi connectivity index (χ1n) is 8.67. The highest BCUT2D eigenvalue weighted by Crippen LogP contribution is 2.21. The molecule has 8 heteroatoms. The minimum absolute atomic E-state index is 0.0468. The Bertz CT molecular complexity index is 630. The van der Waals surface area contributed by atoms with E-state index in [0.29, 0.717) is 39.2 Å². The van der Waals surface area contributed by atoms with Gasteiger partial charge in [-0.3, -0.25) is 9.59 Å². The molecule has 2 saturated heterocycles. The standard InChI is InChI=1S/C17H25N5O3/c1-13-9-15(19-12-18-13)20-3-5-21(6-4-20)17(24)14-10-16(23)22(11-14)7-8-25-2/h9,12,14H,3-8,10-11H2,1-2H3. The molecular weight excluding hydrogens is 322 g/mol. The highest BCUT2D eigenvalue weighted by Gasteiger charge is 2.37. The molecule has 2 aliphatic heterocycles. The van der Waals surface area contributed by atoms with Crippen LogP contribution in [0.2, 0.25) is 0 Å². The molecule has 1 aromatic rings. The molecule has 1 atom stereocenters. The number of nitrogens with zero attached hydrogens (tertiary/aromatic N) is 5. The molecule has 8 nitrogen and oxygen atoms in total. The largest absolute Gasteiger partial charge is 0.383 e. The van der Waals surface area contributed by atoms with Gasteiger partial charge in [-0.2, -0.15) is 0 Å². The number of hydrogen-bond donors (Lipinski definition) is 0. The summed E-state index contributed by atoms with van der Waals surface area (Å²) in [6, 6.07) is 1.96. The Balaban J connectivity index is 1.53. The Kier molecular flexibility index (Phi) is 5.47. The summed E-state index contributed by atoms with van der Waals surface area (Å²) < 4.78 is 5.02. The third-order valence-corrected chi connectivity index (χ3v) is 4.83. The SMILES string of the molecule is COCCN1CC(C(=O)N2CCN(c3cc(C)ncn3)CC2)CC1=O. The first-order chi connectivity index (χ1) is 12.1. The van der Waals surface area contributed by atoms with Crippen LogP contribution in [-0.4, -0.2) is 84.6 Å². The van der Waals surface area contributed by atoms with Crippen LogP contribution in [0.4, 0.5) is 5.82 Å². The van der Waals surface area contributed by atoms with E-state index >= 15 is 0 Å². The van der Waals surface area contributed by atoms with Crippen molar-refractivity contribution in [2.24, 2.45) is 5.92 Å². The van der Waals surface area contributed by atoms with Gasteiger partial charge in [0.25, 0.3) is 0 Å². The number of anilines is 1. The fraction of sp³-hybridized carbons (Fsp3) is 0.647. The molecule has 0 aromatic carbocycles. The smallest absolute Gasteiger partial charge is 0.228 e. The van der Waals surface area contributed by atoms with E-state index in [2.05, 4.69) is 14.9 Å². The summed E-state index contributed by atoms with van der Waals surface area (Å²) in [5.41, 5.74) is 0.934. The van der Waals surface area contributed by atoms with E-state index in [0.717, 1.165) is 24.6 Å². The van der Waals surface area contributed by atoms with Crippen LogP contribution >= 0.6 is 0 Å². The number of piperazine rings is 1. The van der Waals surface area contributed by atoms with Crippen LogP contribution in [0.1, 0.15) is 12.1 Å². The monoisotopic (exact) mass is 347 g/mol. The number of methoxy groups -OCH3 is 1. The molecular formula is C17H25N5O3. The molecule has 0 spiro atoms. The molecule has 1 aromatic heterocycles. The molecule has 0 N–H and O–H groups in total. The van der Waals surface area contributed by atoms with E-state index in [4.69, 9.17) is 4.74 Å². The molecule has 136 valence electrons. The number of hydrogen-bond acceptors (Lipinski definition) is 6. The number of aryl methyl sites for hydroxylation is 1.